The first-order valence-electron chi connectivity index (χ1n) is 12.5. The standard InChI is InChI=1S/C28H33N5OS/c1-3-33-18-25(31-28(34)29-16-21-7-5-4-6-8-21)24-15-22(9-10-26(24)33)27-30-23(19-35-27)17-32-13-11-20(2)12-14-32/h4-10,15,18-20H,3,11-14,16-17H2,1-2H3,(H2,29,31,34). The van der Waals surface area contributed by atoms with Crippen LogP contribution in [0.5, 0.6) is 0 Å². The van der Waals surface area contributed by atoms with Crippen LogP contribution in [0.15, 0.2) is 60.1 Å². The quantitative estimate of drug-likeness (QED) is 0.320. The molecule has 0 spiro atoms. The Morgan fingerprint density at radius 2 is 1.94 bits per heavy atom. The monoisotopic (exact) mass is 487 g/mol. The van der Waals surface area contributed by atoms with Gasteiger partial charge in [-0.05, 0) is 62.5 Å². The lowest BCUT2D eigenvalue weighted by molar-refractivity contribution is 0.184. The fourth-order valence-electron chi connectivity index (χ4n) is 4.70. The maximum absolute atomic E-state index is 12.6. The van der Waals surface area contributed by atoms with E-state index < -0.39 is 0 Å². The number of hydrogen-bond donors (Lipinski definition) is 2. The fourth-order valence-corrected chi connectivity index (χ4v) is 5.51. The number of carbonyl (C=O) groups is 1. The molecule has 0 radical (unpaired) electrons. The topological polar surface area (TPSA) is 62.2 Å². The number of benzene rings is 2. The summed E-state index contributed by atoms with van der Waals surface area (Å²) in [4.78, 5) is 20.1. The van der Waals surface area contributed by atoms with Crippen LogP contribution in [0.1, 0.15) is 37.9 Å². The molecule has 1 fully saturated rings. The molecule has 3 heterocycles. The van der Waals surface area contributed by atoms with Crippen molar-refractivity contribution in [2.24, 2.45) is 5.92 Å². The minimum Gasteiger partial charge on any atom is -0.346 e. The molecule has 0 bridgehead atoms. The summed E-state index contributed by atoms with van der Waals surface area (Å²) in [6.07, 6.45) is 4.56. The average molecular weight is 488 g/mol. The lowest BCUT2D eigenvalue weighted by Crippen LogP contribution is -2.32. The van der Waals surface area contributed by atoms with Gasteiger partial charge in [-0.2, -0.15) is 0 Å². The first-order chi connectivity index (χ1) is 17.1. The predicted octanol–water partition coefficient (Wildman–Crippen LogP) is 6.34. The van der Waals surface area contributed by atoms with Crippen molar-refractivity contribution in [2.75, 3.05) is 18.4 Å². The number of urea groups is 1. The van der Waals surface area contributed by atoms with Crippen molar-refractivity contribution in [3.05, 3.63) is 71.4 Å². The second kappa shape index (κ2) is 10.6. The van der Waals surface area contributed by atoms with Crippen molar-refractivity contribution < 1.29 is 4.79 Å². The number of likely N-dealkylation sites (tertiary alicyclic amines) is 1. The highest BCUT2D eigenvalue weighted by atomic mass is 32.1. The molecule has 0 unspecified atom stereocenters. The number of nitrogens with zero attached hydrogens (tertiary/aromatic N) is 3. The second-order valence-electron chi connectivity index (χ2n) is 9.46. The second-order valence-corrected chi connectivity index (χ2v) is 10.3. The number of aryl methyl sites for hydroxylation is 1. The Bertz CT molecular complexity index is 1290. The zero-order valence-electron chi connectivity index (χ0n) is 20.5. The highest BCUT2D eigenvalue weighted by molar-refractivity contribution is 7.13. The first-order valence-corrected chi connectivity index (χ1v) is 13.4. The third-order valence-corrected chi connectivity index (χ3v) is 7.77. The third-order valence-electron chi connectivity index (χ3n) is 6.83. The van der Waals surface area contributed by atoms with E-state index >= 15 is 0 Å². The Morgan fingerprint density at radius 3 is 2.71 bits per heavy atom. The van der Waals surface area contributed by atoms with Gasteiger partial charge in [-0.3, -0.25) is 4.90 Å². The van der Waals surface area contributed by atoms with Crippen LogP contribution < -0.4 is 10.6 Å². The van der Waals surface area contributed by atoms with Gasteiger partial charge in [0, 0.05) is 42.2 Å². The molecule has 7 heteroatoms. The van der Waals surface area contributed by atoms with Crippen LogP contribution in [0.3, 0.4) is 0 Å². The SMILES string of the molecule is CCn1cc(NC(=O)NCc2ccccc2)c2cc(-c3nc(CN4CCC(C)CC4)cs3)ccc21. The van der Waals surface area contributed by atoms with Gasteiger partial charge in [0.05, 0.1) is 16.9 Å². The number of amides is 2. The maximum atomic E-state index is 12.6. The van der Waals surface area contributed by atoms with Gasteiger partial charge in [0.25, 0.3) is 0 Å². The molecular weight excluding hydrogens is 454 g/mol. The molecule has 35 heavy (non-hydrogen) atoms. The molecule has 2 N–H and O–H groups in total. The fraction of sp³-hybridized carbons (Fsp3) is 0.357. The van der Waals surface area contributed by atoms with Crippen molar-refractivity contribution >= 4 is 34.0 Å². The highest BCUT2D eigenvalue weighted by Gasteiger charge is 2.18. The average Bonchev–Trinajstić information content (AvgIpc) is 3.49. The summed E-state index contributed by atoms with van der Waals surface area (Å²) >= 11 is 1.69. The summed E-state index contributed by atoms with van der Waals surface area (Å²) in [6, 6.07) is 16.1. The van der Waals surface area contributed by atoms with E-state index in [0.717, 1.165) is 70.5 Å². The number of aromatic nitrogens is 2. The Labute approximate surface area is 211 Å². The minimum absolute atomic E-state index is 0.207. The van der Waals surface area contributed by atoms with Gasteiger partial charge in [0.15, 0.2) is 0 Å². The number of fused-ring (bicyclic) bond motifs is 1. The summed E-state index contributed by atoms with van der Waals surface area (Å²) in [7, 11) is 0. The van der Waals surface area contributed by atoms with Gasteiger partial charge < -0.3 is 15.2 Å². The number of rotatable bonds is 7. The van der Waals surface area contributed by atoms with Gasteiger partial charge in [-0.15, -0.1) is 11.3 Å². The van der Waals surface area contributed by atoms with Crippen LogP contribution in [-0.4, -0.2) is 33.6 Å². The number of thiazole rings is 1. The molecule has 1 aliphatic rings. The molecule has 182 valence electrons. The lowest BCUT2D eigenvalue weighted by atomic mass is 9.99. The molecule has 6 nitrogen and oxygen atoms in total. The van der Waals surface area contributed by atoms with Crippen molar-refractivity contribution in [1.82, 2.24) is 19.8 Å². The van der Waals surface area contributed by atoms with E-state index in [9.17, 15) is 4.79 Å². The summed E-state index contributed by atoms with van der Waals surface area (Å²) in [6.45, 7) is 9.02. The zero-order chi connectivity index (χ0) is 24.2. The van der Waals surface area contributed by atoms with Crippen LogP contribution in [0.4, 0.5) is 10.5 Å². The van der Waals surface area contributed by atoms with Crippen LogP contribution in [0.2, 0.25) is 0 Å². The molecule has 2 aromatic carbocycles. The Hall–Kier alpha value is -3.16. The number of nitrogens with one attached hydrogen (secondary N) is 2. The van der Waals surface area contributed by atoms with Crippen molar-refractivity contribution in [3.8, 4) is 10.6 Å². The molecule has 0 saturated carbocycles. The predicted molar refractivity (Wildman–Crippen MR) is 145 cm³/mol. The summed E-state index contributed by atoms with van der Waals surface area (Å²) in [5, 5.41) is 10.3. The van der Waals surface area contributed by atoms with Crippen LogP contribution >= 0.6 is 11.3 Å². The zero-order valence-corrected chi connectivity index (χ0v) is 21.3. The third kappa shape index (κ3) is 5.57. The van der Waals surface area contributed by atoms with E-state index in [-0.39, 0.29) is 6.03 Å². The highest BCUT2D eigenvalue weighted by Crippen LogP contribution is 2.33. The number of hydrogen-bond acceptors (Lipinski definition) is 4. The minimum atomic E-state index is -0.207. The molecular formula is C28H33N5OS. The lowest BCUT2D eigenvalue weighted by Gasteiger charge is -2.29. The molecule has 0 atom stereocenters. The number of anilines is 1. The van der Waals surface area contributed by atoms with Crippen LogP contribution in [0.25, 0.3) is 21.5 Å². The molecule has 5 rings (SSSR count). The number of carbonyl (C=O) groups excluding carboxylic acids is 1. The van der Waals surface area contributed by atoms with Gasteiger partial charge in [-0.1, -0.05) is 37.3 Å². The van der Waals surface area contributed by atoms with Crippen molar-refractivity contribution in [3.63, 3.8) is 0 Å². The summed E-state index contributed by atoms with van der Waals surface area (Å²) in [5.74, 6) is 0.836. The molecule has 2 amide bonds. The van der Waals surface area contributed by atoms with Gasteiger partial charge in [0.1, 0.15) is 5.01 Å². The molecule has 4 aromatic rings. The first kappa shape index (κ1) is 23.6. The van der Waals surface area contributed by atoms with Crippen molar-refractivity contribution in [1.29, 1.82) is 0 Å². The van der Waals surface area contributed by atoms with Crippen LogP contribution in [-0.2, 0) is 19.6 Å². The molecule has 1 aliphatic heterocycles. The molecule has 0 aliphatic carbocycles. The number of piperidine rings is 1. The van der Waals surface area contributed by atoms with E-state index in [1.54, 1.807) is 11.3 Å². The van der Waals surface area contributed by atoms with Gasteiger partial charge >= 0.3 is 6.03 Å². The summed E-state index contributed by atoms with van der Waals surface area (Å²) < 4.78 is 2.16. The van der Waals surface area contributed by atoms with E-state index in [4.69, 9.17) is 4.98 Å². The van der Waals surface area contributed by atoms with Crippen LogP contribution in [0, 0.1) is 5.92 Å². The Morgan fingerprint density at radius 1 is 1.14 bits per heavy atom. The van der Waals surface area contributed by atoms with E-state index in [1.165, 1.54) is 12.8 Å². The summed E-state index contributed by atoms with van der Waals surface area (Å²) in [5.41, 5.74) is 5.22. The van der Waals surface area contributed by atoms with E-state index in [0.29, 0.717) is 6.54 Å². The maximum Gasteiger partial charge on any atom is 0.319 e. The van der Waals surface area contributed by atoms with Crippen molar-refractivity contribution in [2.45, 2.75) is 46.3 Å². The van der Waals surface area contributed by atoms with Gasteiger partial charge in [0.2, 0.25) is 0 Å². The Balaban J connectivity index is 1.32. The van der Waals surface area contributed by atoms with Gasteiger partial charge in [-0.25, -0.2) is 9.78 Å². The smallest absolute Gasteiger partial charge is 0.319 e. The van der Waals surface area contributed by atoms with E-state index in [1.807, 2.05) is 36.5 Å². The van der Waals surface area contributed by atoms with E-state index in [2.05, 4.69) is 57.5 Å². The Kier molecular flexibility index (Phi) is 7.16. The normalized spacial score (nSPS) is 14.9. The molecule has 2 aromatic heterocycles. The molecule has 1 saturated heterocycles. The largest absolute Gasteiger partial charge is 0.346 e.